The number of carboxylic acid groups (broad SMARTS) is 1. The lowest BCUT2D eigenvalue weighted by Crippen LogP contribution is -2.31. The van der Waals surface area contributed by atoms with Crippen LogP contribution in [0.25, 0.3) is 11.1 Å². The second-order valence-electron chi connectivity index (χ2n) is 8.58. The van der Waals surface area contributed by atoms with E-state index in [-0.39, 0.29) is 18.9 Å². The van der Waals surface area contributed by atoms with Crippen molar-refractivity contribution >= 4 is 12.1 Å². The van der Waals surface area contributed by atoms with Gasteiger partial charge in [-0.3, -0.25) is 9.48 Å². The maximum atomic E-state index is 12.7. The van der Waals surface area contributed by atoms with E-state index < -0.39 is 18.1 Å². The Morgan fingerprint density at radius 3 is 2.23 bits per heavy atom. The van der Waals surface area contributed by atoms with Crippen LogP contribution in [0.1, 0.15) is 40.6 Å². The molecule has 0 saturated carbocycles. The number of carboxylic acids is 1. The number of aromatic nitrogens is 2. The summed E-state index contributed by atoms with van der Waals surface area (Å²) in [5.74, 6) is -1.09. The number of rotatable bonds is 8. The van der Waals surface area contributed by atoms with Gasteiger partial charge >= 0.3 is 12.1 Å². The van der Waals surface area contributed by atoms with Crippen molar-refractivity contribution < 1.29 is 19.4 Å². The van der Waals surface area contributed by atoms with Gasteiger partial charge in [0.05, 0.1) is 25.2 Å². The second-order valence-corrected chi connectivity index (χ2v) is 8.58. The van der Waals surface area contributed by atoms with Crippen molar-refractivity contribution in [2.45, 2.75) is 24.9 Å². The molecule has 0 saturated heterocycles. The first-order valence-electron chi connectivity index (χ1n) is 11.5. The predicted octanol–water partition coefficient (Wildman–Crippen LogP) is 4.99. The Morgan fingerprint density at radius 2 is 1.57 bits per heavy atom. The van der Waals surface area contributed by atoms with E-state index >= 15 is 0 Å². The van der Waals surface area contributed by atoms with Crippen molar-refractivity contribution in [2.24, 2.45) is 0 Å². The molecule has 3 aromatic carbocycles. The van der Waals surface area contributed by atoms with Gasteiger partial charge in [-0.15, -0.1) is 0 Å². The summed E-state index contributed by atoms with van der Waals surface area (Å²) in [6, 6.07) is 25.3. The van der Waals surface area contributed by atoms with E-state index in [9.17, 15) is 14.7 Å². The molecule has 1 aliphatic rings. The molecule has 0 bridgehead atoms. The number of hydrogen-bond acceptors (Lipinski definition) is 4. The Kier molecular flexibility index (Phi) is 6.30. The summed E-state index contributed by atoms with van der Waals surface area (Å²) in [4.78, 5) is 24.2. The van der Waals surface area contributed by atoms with E-state index in [4.69, 9.17) is 4.74 Å². The summed E-state index contributed by atoms with van der Waals surface area (Å²) in [5.41, 5.74) is 6.20. The van der Waals surface area contributed by atoms with Crippen molar-refractivity contribution in [1.82, 2.24) is 15.1 Å². The lowest BCUT2D eigenvalue weighted by Gasteiger charge is -2.18. The lowest BCUT2D eigenvalue weighted by molar-refractivity contribution is -0.137. The van der Waals surface area contributed by atoms with E-state index in [0.29, 0.717) is 12.1 Å². The second kappa shape index (κ2) is 9.85. The van der Waals surface area contributed by atoms with E-state index in [1.807, 2.05) is 54.6 Å². The molecule has 2 N–H and O–H groups in total. The first-order valence-corrected chi connectivity index (χ1v) is 11.5. The number of fused-ring (bicyclic) bond motifs is 3. The molecule has 0 spiro atoms. The van der Waals surface area contributed by atoms with Gasteiger partial charge in [-0.05, 0) is 27.8 Å². The standard InChI is InChI=1S/C28H25N3O4/c32-27(33)14-26(20-15-29-31(17-20)16-19-8-2-1-3-9-19)30-28(34)35-18-25-23-12-6-4-10-21(23)22-11-5-7-13-24(22)25/h1-13,15,17,25-26H,14,16,18H2,(H,30,34)(H,32,33)/t26-/m1/s1. The van der Waals surface area contributed by atoms with Gasteiger partial charge < -0.3 is 15.2 Å². The van der Waals surface area contributed by atoms with Crippen LogP contribution in [0.2, 0.25) is 0 Å². The van der Waals surface area contributed by atoms with Crippen LogP contribution in [0.15, 0.2) is 91.3 Å². The zero-order valence-electron chi connectivity index (χ0n) is 19.0. The van der Waals surface area contributed by atoms with Gasteiger partial charge in [0.1, 0.15) is 6.61 Å². The maximum Gasteiger partial charge on any atom is 0.407 e. The molecule has 1 amide bonds. The monoisotopic (exact) mass is 467 g/mol. The van der Waals surface area contributed by atoms with Gasteiger partial charge in [-0.25, -0.2) is 4.79 Å². The number of ether oxygens (including phenoxy) is 1. The zero-order chi connectivity index (χ0) is 24.2. The highest BCUT2D eigenvalue weighted by molar-refractivity contribution is 5.79. The van der Waals surface area contributed by atoms with Crippen molar-refractivity contribution in [3.8, 4) is 11.1 Å². The Labute approximate surface area is 203 Å². The summed E-state index contributed by atoms with van der Waals surface area (Å²) < 4.78 is 7.33. The first-order chi connectivity index (χ1) is 17.1. The van der Waals surface area contributed by atoms with Crippen LogP contribution in [0.4, 0.5) is 4.79 Å². The summed E-state index contributed by atoms with van der Waals surface area (Å²) in [7, 11) is 0. The fourth-order valence-corrected chi connectivity index (χ4v) is 4.63. The molecule has 7 nitrogen and oxygen atoms in total. The van der Waals surface area contributed by atoms with Crippen LogP contribution in [-0.2, 0) is 16.1 Å². The van der Waals surface area contributed by atoms with E-state index in [0.717, 1.165) is 27.8 Å². The number of nitrogens with one attached hydrogen (secondary N) is 1. The molecule has 7 heteroatoms. The van der Waals surface area contributed by atoms with Crippen molar-refractivity contribution in [3.63, 3.8) is 0 Å². The van der Waals surface area contributed by atoms with Gasteiger partial charge in [0.25, 0.3) is 0 Å². The van der Waals surface area contributed by atoms with Gasteiger partial charge in [0.2, 0.25) is 0 Å². The molecular weight excluding hydrogens is 442 g/mol. The molecular formula is C28H25N3O4. The van der Waals surface area contributed by atoms with Crippen molar-refractivity contribution in [2.75, 3.05) is 6.61 Å². The number of amides is 1. The van der Waals surface area contributed by atoms with Crippen LogP contribution >= 0.6 is 0 Å². The molecule has 1 aromatic heterocycles. The number of carbonyl (C=O) groups excluding carboxylic acids is 1. The number of hydrogen-bond donors (Lipinski definition) is 2. The molecule has 1 aliphatic carbocycles. The van der Waals surface area contributed by atoms with Gasteiger partial charge in [-0.1, -0.05) is 78.9 Å². The summed E-state index contributed by atoms with van der Waals surface area (Å²) in [6.45, 7) is 0.707. The maximum absolute atomic E-state index is 12.7. The smallest absolute Gasteiger partial charge is 0.407 e. The first kappa shape index (κ1) is 22.4. The SMILES string of the molecule is O=C(O)C[C@@H](NC(=O)OCC1c2ccccc2-c2ccccc21)c1cnn(Cc2ccccc2)c1. The Balaban J connectivity index is 1.27. The van der Waals surface area contributed by atoms with E-state index in [1.54, 1.807) is 17.1 Å². The number of alkyl carbamates (subject to hydrolysis) is 1. The summed E-state index contributed by atoms with van der Waals surface area (Å²) in [5, 5.41) is 16.5. The van der Waals surface area contributed by atoms with Crippen LogP contribution < -0.4 is 5.32 Å². The highest BCUT2D eigenvalue weighted by Gasteiger charge is 2.29. The predicted molar refractivity (Wildman–Crippen MR) is 131 cm³/mol. The summed E-state index contributed by atoms with van der Waals surface area (Å²) in [6.07, 6.45) is 2.40. The van der Waals surface area contributed by atoms with Crippen molar-refractivity contribution in [1.29, 1.82) is 0 Å². The van der Waals surface area contributed by atoms with Gasteiger partial charge in [0, 0.05) is 17.7 Å². The quantitative estimate of drug-likeness (QED) is 0.381. The minimum Gasteiger partial charge on any atom is -0.481 e. The number of nitrogens with zero attached hydrogens (tertiary/aromatic N) is 2. The minimum atomic E-state index is -1.02. The fraction of sp³-hybridized carbons (Fsp3) is 0.179. The number of aliphatic carboxylic acids is 1. The minimum absolute atomic E-state index is 0.0697. The van der Waals surface area contributed by atoms with Crippen LogP contribution in [0.3, 0.4) is 0 Å². The van der Waals surface area contributed by atoms with E-state index in [1.165, 1.54) is 0 Å². The van der Waals surface area contributed by atoms with Crippen LogP contribution in [-0.4, -0.2) is 33.6 Å². The summed E-state index contributed by atoms with van der Waals surface area (Å²) >= 11 is 0. The molecule has 0 aliphatic heterocycles. The molecule has 176 valence electrons. The zero-order valence-corrected chi connectivity index (χ0v) is 19.0. The number of carbonyl (C=O) groups is 2. The highest BCUT2D eigenvalue weighted by Crippen LogP contribution is 2.44. The lowest BCUT2D eigenvalue weighted by atomic mass is 9.98. The average molecular weight is 468 g/mol. The molecule has 0 unspecified atom stereocenters. The molecule has 0 fully saturated rings. The molecule has 0 radical (unpaired) electrons. The Bertz CT molecular complexity index is 1300. The largest absolute Gasteiger partial charge is 0.481 e. The van der Waals surface area contributed by atoms with Crippen LogP contribution in [0, 0.1) is 0 Å². The highest BCUT2D eigenvalue weighted by atomic mass is 16.5. The topological polar surface area (TPSA) is 93.5 Å². The Hall–Kier alpha value is -4.39. The third-order valence-corrected chi connectivity index (χ3v) is 6.26. The van der Waals surface area contributed by atoms with Gasteiger partial charge in [-0.2, -0.15) is 5.10 Å². The van der Waals surface area contributed by atoms with E-state index in [2.05, 4.69) is 34.7 Å². The Morgan fingerprint density at radius 1 is 0.943 bits per heavy atom. The third-order valence-electron chi connectivity index (χ3n) is 6.26. The molecule has 4 aromatic rings. The molecule has 1 heterocycles. The average Bonchev–Trinajstić information content (AvgIpc) is 3.45. The van der Waals surface area contributed by atoms with Crippen molar-refractivity contribution in [3.05, 3.63) is 114 Å². The molecule has 35 heavy (non-hydrogen) atoms. The van der Waals surface area contributed by atoms with Gasteiger partial charge in [0.15, 0.2) is 0 Å². The number of benzene rings is 3. The van der Waals surface area contributed by atoms with Crippen LogP contribution in [0.5, 0.6) is 0 Å². The fourth-order valence-electron chi connectivity index (χ4n) is 4.63. The normalized spacial score (nSPS) is 13.0. The molecule has 5 rings (SSSR count). The third kappa shape index (κ3) is 4.94. The molecule has 1 atom stereocenters.